The number of nitrogens with zero attached hydrogens (tertiary/aromatic N) is 1. The summed E-state index contributed by atoms with van der Waals surface area (Å²) in [6.07, 6.45) is 5.22. The SMILES string of the molecule is CC[C@H](C(=O)NC1CCCC1)N(Cc1ccc(Cl)cc1)C(=O)Cc1cc(C)ccc1C. The number of rotatable bonds is 8. The van der Waals surface area contributed by atoms with E-state index in [1.54, 1.807) is 4.90 Å². The Kier molecular flexibility index (Phi) is 8.14. The van der Waals surface area contributed by atoms with Crippen molar-refractivity contribution in [3.63, 3.8) is 0 Å². The molecule has 2 amide bonds. The zero-order valence-electron chi connectivity index (χ0n) is 18.8. The average Bonchev–Trinajstić information content (AvgIpc) is 3.25. The first-order chi connectivity index (χ1) is 14.9. The van der Waals surface area contributed by atoms with Crippen LogP contribution >= 0.6 is 11.6 Å². The van der Waals surface area contributed by atoms with Gasteiger partial charge < -0.3 is 10.2 Å². The van der Waals surface area contributed by atoms with Gasteiger partial charge in [-0.05, 0) is 61.9 Å². The number of hydrogen-bond acceptors (Lipinski definition) is 2. The van der Waals surface area contributed by atoms with Crippen molar-refractivity contribution >= 4 is 23.4 Å². The Balaban J connectivity index is 1.84. The molecular formula is C26H33ClN2O2. The van der Waals surface area contributed by atoms with E-state index in [4.69, 9.17) is 11.6 Å². The summed E-state index contributed by atoms with van der Waals surface area (Å²) >= 11 is 6.04. The van der Waals surface area contributed by atoms with Gasteiger partial charge in [0, 0.05) is 17.6 Å². The molecule has 5 heteroatoms. The van der Waals surface area contributed by atoms with Gasteiger partial charge in [0.2, 0.25) is 11.8 Å². The van der Waals surface area contributed by atoms with Gasteiger partial charge in [0.25, 0.3) is 0 Å². The van der Waals surface area contributed by atoms with Gasteiger partial charge in [-0.1, -0.05) is 67.3 Å². The van der Waals surface area contributed by atoms with Gasteiger partial charge in [0.1, 0.15) is 6.04 Å². The molecule has 4 nitrogen and oxygen atoms in total. The molecule has 0 heterocycles. The molecule has 0 bridgehead atoms. The lowest BCUT2D eigenvalue weighted by Crippen LogP contribution is -2.51. The number of halogens is 1. The molecule has 31 heavy (non-hydrogen) atoms. The highest BCUT2D eigenvalue weighted by Crippen LogP contribution is 2.21. The Labute approximate surface area is 191 Å². The van der Waals surface area contributed by atoms with E-state index in [0.29, 0.717) is 18.0 Å². The van der Waals surface area contributed by atoms with Crippen LogP contribution in [0.3, 0.4) is 0 Å². The van der Waals surface area contributed by atoms with Crippen molar-refractivity contribution in [3.05, 3.63) is 69.7 Å². The molecule has 3 rings (SSSR count). The molecule has 0 spiro atoms. The molecule has 1 fully saturated rings. The van der Waals surface area contributed by atoms with E-state index in [2.05, 4.69) is 17.4 Å². The summed E-state index contributed by atoms with van der Waals surface area (Å²) in [6.45, 7) is 6.41. The molecular weight excluding hydrogens is 408 g/mol. The molecule has 0 radical (unpaired) electrons. The molecule has 0 unspecified atom stereocenters. The predicted molar refractivity (Wildman–Crippen MR) is 126 cm³/mol. The molecule has 1 saturated carbocycles. The van der Waals surface area contributed by atoms with Gasteiger partial charge >= 0.3 is 0 Å². The van der Waals surface area contributed by atoms with Crippen molar-refractivity contribution in [3.8, 4) is 0 Å². The van der Waals surface area contributed by atoms with Crippen molar-refractivity contribution in [2.75, 3.05) is 0 Å². The summed E-state index contributed by atoms with van der Waals surface area (Å²) in [5.41, 5.74) is 4.19. The standard InChI is InChI=1S/C26H33ClN2O2/c1-4-24(26(31)28-23-7-5-6-8-23)29(17-20-11-13-22(27)14-12-20)25(30)16-21-15-18(2)9-10-19(21)3/h9-15,23-24H,4-8,16-17H2,1-3H3,(H,28,31)/t24-/m1/s1. The van der Waals surface area contributed by atoms with Crippen LogP contribution < -0.4 is 5.32 Å². The van der Waals surface area contributed by atoms with Crippen molar-refractivity contribution in [1.29, 1.82) is 0 Å². The monoisotopic (exact) mass is 440 g/mol. The van der Waals surface area contributed by atoms with E-state index in [1.807, 2.05) is 51.1 Å². The van der Waals surface area contributed by atoms with Crippen LogP contribution in [0.25, 0.3) is 0 Å². The number of nitrogens with one attached hydrogen (secondary N) is 1. The minimum atomic E-state index is -0.492. The minimum absolute atomic E-state index is 0.0305. The smallest absolute Gasteiger partial charge is 0.243 e. The van der Waals surface area contributed by atoms with Gasteiger partial charge in [-0.15, -0.1) is 0 Å². The molecule has 1 aliphatic rings. The normalized spacial score (nSPS) is 15.0. The van der Waals surface area contributed by atoms with Gasteiger partial charge in [0.15, 0.2) is 0 Å². The van der Waals surface area contributed by atoms with E-state index in [0.717, 1.165) is 47.9 Å². The molecule has 2 aromatic rings. The molecule has 1 N–H and O–H groups in total. The summed E-state index contributed by atoms with van der Waals surface area (Å²) in [5.74, 6) is -0.0743. The van der Waals surface area contributed by atoms with Crippen molar-refractivity contribution in [2.24, 2.45) is 0 Å². The number of aryl methyl sites for hydroxylation is 2. The van der Waals surface area contributed by atoms with Crippen LogP contribution in [-0.4, -0.2) is 28.8 Å². The highest BCUT2D eigenvalue weighted by molar-refractivity contribution is 6.30. The van der Waals surface area contributed by atoms with E-state index < -0.39 is 6.04 Å². The highest BCUT2D eigenvalue weighted by Gasteiger charge is 2.30. The zero-order chi connectivity index (χ0) is 22.4. The quantitative estimate of drug-likeness (QED) is 0.600. The first-order valence-corrected chi connectivity index (χ1v) is 11.7. The fourth-order valence-corrected chi connectivity index (χ4v) is 4.45. The Bertz CT molecular complexity index is 904. The maximum Gasteiger partial charge on any atom is 0.243 e. The summed E-state index contributed by atoms with van der Waals surface area (Å²) in [7, 11) is 0. The first-order valence-electron chi connectivity index (χ1n) is 11.3. The van der Waals surface area contributed by atoms with Gasteiger partial charge in [-0.25, -0.2) is 0 Å². The number of hydrogen-bond donors (Lipinski definition) is 1. The number of carbonyl (C=O) groups is 2. The summed E-state index contributed by atoms with van der Waals surface area (Å²) in [5, 5.41) is 3.85. The van der Waals surface area contributed by atoms with Gasteiger partial charge in [-0.2, -0.15) is 0 Å². The highest BCUT2D eigenvalue weighted by atomic mass is 35.5. The number of amides is 2. The second-order valence-electron chi connectivity index (χ2n) is 8.67. The second kappa shape index (κ2) is 10.8. The van der Waals surface area contributed by atoms with Crippen LogP contribution in [-0.2, 0) is 22.6 Å². The maximum absolute atomic E-state index is 13.5. The van der Waals surface area contributed by atoms with E-state index in [9.17, 15) is 9.59 Å². The molecule has 2 aromatic carbocycles. The zero-order valence-corrected chi connectivity index (χ0v) is 19.5. The Morgan fingerprint density at radius 3 is 2.42 bits per heavy atom. The average molecular weight is 441 g/mol. The number of benzene rings is 2. The van der Waals surface area contributed by atoms with Gasteiger partial charge in [-0.3, -0.25) is 9.59 Å². The molecule has 0 saturated heterocycles. The third-order valence-electron chi connectivity index (χ3n) is 6.20. The van der Waals surface area contributed by atoms with Crippen LogP contribution in [0, 0.1) is 13.8 Å². The summed E-state index contributed by atoms with van der Waals surface area (Å²) in [4.78, 5) is 28.4. The first kappa shape index (κ1) is 23.3. The molecule has 0 aliphatic heterocycles. The lowest BCUT2D eigenvalue weighted by atomic mass is 10.0. The Hall–Kier alpha value is -2.33. The Morgan fingerprint density at radius 2 is 1.77 bits per heavy atom. The fourth-order valence-electron chi connectivity index (χ4n) is 4.33. The van der Waals surface area contributed by atoms with E-state index in [1.165, 1.54) is 0 Å². The summed E-state index contributed by atoms with van der Waals surface area (Å²) in [6, 6.07) is 13.4. The van der Waals surface area contributed by atoms with Crippen LogP contribution in [0.1, 0.15) is 61.3 Å². The summed E-state index contributed by atoms with van der Waals surface area (Å²) < 4.78 is 0. The third kappa shape index (κ3) is 6.33. The number of carbonyl (C=O) groups excluding carboxylic acids is 2. The molecule has 1 atom stereocenters. The molecule has 1 aliphatic carbocycles. The van der Waals surface area contributed by atoms with Crippen molar-refractivity contribution in [1.82, 2.24) is 10.2 Å². The van der Waals surface area contributed by atoms with E-state index >= 15 is 0 Å². The van der Waals surface area contributed by atoms with Crippen LogP contribution in [0.4, 0.5) is 0 Å². The molecule has 0 aromatic heterocycles. The fraction of sp³-hybridized carbons (Fsp3) is 0.462. The maximum atomic E-state index is 13.5. The predicted octanol–water partition coefficient (Wildman–Crippen LogP) is 5.37. The van der Waals surface area contributed by atoms with Crippen molar-refractivity contribution in [2.45, 2.75) is 77.9 Å². The Morgan fingerprint density at radius 1 is 1.10 bits per heavy atom. The van der Waals surface area contributed by atoms with E-state index in [-0.39, 0.29) is 24.3 Å². The van der Waals surface area contributed by atoms with Gasteiger partial charge in [0.05, 0.1) is 6.42 Å². The topological polar surface area (TPSA) is 49.4 Å². The van der Waals surface area contributed by atoms with Crippen LogP contribution in [0.5, 0.6) is 0 Å². The van der Waals surface area contributed by atoms with Crippen molar-refractivity contribution < 1.29 is 9.59 Å². The largest absolute Gasteiger partial charge is 0.352 e. The lowest BCUT2D eigenvalue weighted by molar-refractivity contribution is -0.141. The van der Waals surface area contributed by atoms with Crippen LogP contribution in [0.15, 0.2) is 42.5 Å². The minimum Gasteiger partial charge on any atom is -0.352 e. The molecule has 166 valence electrons. The lowest BCUT2D eigenvalue weighted by Gasteiger charge is -2.32. The van der Waals surface area contributed by atoms with Crippen LogP contribution in [0.2, 0.25) is 5.02 Å². The second-order valence-corrected chi connectivity index (χ2v) is 9.11. The third-order valence-corrected chi connectivity index (χ3v) is 6.45.